The highest BCUT2D eigenvalue weighted by atomic mass is 35.5. The van der Waals surface area contributed by atoms with Crippen molar-refractivity contribution in [2.24, 2.45) is 0 Å². The first kappa shape index (κ1) is 20.3. The van der Waals surface area contributed by atoms with Crippen molar-refractivity contribution in [3.8, 4) is 0 Å². The molecule has 3 amide bonds. The fraction of sp³-hybridized carbons (Fsp3) is 0.438. The van der Waals surface area contributed by atoms with Crippen molar-refractivity contribution in [1.29, 1.82) is 0 Å². The smallest absolute Gasteiger partial charge is 0.321 e. The maximum absolute atomic E-state index is 11.7. The van der Waals surface area contributed by atoms with Crippen molar-refractivity contribution in [3.05, 3.63) is 29.3 Å². The minimum Gasteiger partial charge on any atom is -0.453 e. The number of rotatable bonds is 7. The molecule has 132 valence electrons. The molecule has 1 rings (SSSR count). The highest BCUT2D eigenvalue weighted by molar-refractivity contribution is 7.99. The van der Waals surface area contributed by atoms with E-state index in [4.69, 9.17) is 16.3 Å². The highest BCUT2D eigenvalue weighted by Crippen LogP contribution is 2.21. The van der Waals surface area contributed by atoms with Crippen LogP contribution < -0.4 is 10.6 Å². The molecule has 0 saturated carbocycles. The SMILES string of the molecule is CC(C)NC(=O)NC(=O)[C@H](C)OC(=O)CCSc1ccc(Cl)cc1. The Morgan fingerprint density at radius 2 is 1.79 bits per heavy atom. The van der Waals surface area contributed by atoms with E-state index in [2.05, 4.69) is 10.6 Å². The van der Waals surface area contributed by atoms with Crippen molar-refractivity contribution >= 4 is 41.3 Å². The van der Waals surface area contributed by atoms with Crippen molar-refractivity contribution in [3.63, 3.8) is 0 Å². The molecule has 6 nitrogen and oxygen atoms in total. The molecule has 0 radical (unpaired) electrons. The predicted octanol–water partition coefficient (Wildman–Crippen LogP) is 2.99. The molecule has 2 N–H and O–H groups in total. The highest BCUT2D eigenvalue weighted by Gasteiger charge is 2.20. The maximum Gasteiger partial charge on any atom is 0.321 e. The molecule has 24 heavy (non-hydrogen) atoms. The van der Waals surface area contributed by atoms with Gasteiger partial charge in [-0.05, 0) is 45.0 Å². The van der Waals surface area contributed by atoms with E-state index >= 15 is 0 Å². The molecule has 0 aliphatic rings. The molecule has 0 fully saturated rings. The fourth-order valence-corrected chi connectivity index (χ4v) is 2.56. The number of urea groups is 1. The first-order chi connectivity index (χ1) is 11.3. The third kappa shape index (κ3) is 8.21. The van der Waals surface area contributed by atoms with Gasteiger partial charge in [0.25, 0.3) is 5.91 Å². The number of ether oxygens (including phenoxy) is 1. The number of carbonyl (C=O) groups is 3. The summed E-state index contributed by atoms with van der Waals surface area (Å²) < 4.78 is 5.01. The van der Waals surface area contributed by atoms with Crippen LogP contribution in [0.2, 0.25) is 5.02 Å². The van der Waals surface area contributed by atoms with Gasteiger partial charge in [-0.15, -0.1) is 11.8 Å². The topological polar surface area (TPSA) is 84.5 Å². The summed E-state index contributed by atoms with van der Waals surface area (Å²) in [7, 11) is 0. The molecule has 0 aromatic heterocycles. The van der Waals surface area contributed by atoms with E-state index < -0.39 is 24.0 Å². The molecule has 1 aromatic carbocycles. The summed E-state index contributed by atoms with van der Waals surface area (Å²) in [5, 5.41) is 5.29. The summed E-state index contributed by atoms with van der Waals surface area (Å²) in [4.78, 5) is 35.9. The number of nitrogens with one attached hydrogen (secondary N) is 2. The zero-order valence-electron chi connectivity index (χ0n) is 13.8. The molecule has 0 aliphatic carbocycles. The number of thioether (sulfide) groups is 1. The van der Waals surface area contributed by atoms with Crippen LogP contribution in [-0.2, 0) is 14.3 Å². The summed E-state index contributed by atoms with van der Waals surface area (Å²) in [6.45, 7) is 4.96. The van der Waals surface area contributed by atoms with E-state index in [9.17, 15) is 14.4 Å². The van der Waals surface area contributed by atoms with Crippen LogP contribution in [0, 0.1) is 0 Å². The first-order valence-electron chi connectivity index (χ1n) is 7.47. The Hall–Kier alpha value is -1.73. The lowest BCUT2D eigenvalue weighted by Gasteiger charge is -2.14. The molecule has 0 bridgehead atoms. The van der Waals surface area contributed by atoms with Gasteiger partial charge in [0, 0.05) is 21.7 Å². The molecule has 0 spiro atoms. The number of hydrogen-bond donors (Lipinski definition) is 2. The summed E-state index contributed by atoms with van der Waals surface area (Å²) in [6, 6.07) is 6.56. The lowest BCUT2D eigenvalue weighted by Crippen LogP contribution is -2.46. The van der Waals surface area contributed by atoms with Gasteiger partial charge in [-0.25, -0.2) is 4.79 Å². The summed E-state index contributed by atoms with van der Waals surface area (Å²) in [5.74, 6) is -0.641. The number of halogens is 1. The number of imide groups is 1. The lowest BCUT2D eigenvalue weighted by atomic mass is 10.3. The van der Waals surface area contributed by atoms with Gasteiger partial charge >= 0.3 is 12.0 Å². The average Bonchev–Trinajstić information content (AvgIpc) is 2.48. The van der Waals surface area contributed by atoms with Crippen molar-refractivity contribution in [2.75, 3.05) is 5.75 Å². The Bertz CT molecular complexity index is 578. The molecule has 1 atom stereocenters. The molecule has 0 heterocycles. The van der Waals surface area contributed by atoms with E-state index in [-0.39, 0.29) is 12.5 Å². The Labute approximate surface area is 150 Å². The van der Waals surface area contributed by atoms with E-state index in [0.717, 1.165) is 4.90 Å². The average molecular weight is 373 g/mol. The monoisotopic (exact) mass is 372 g/mol. The Morgan fingerprint density at radius 1 is 1.17 bits per heavy atom. The third-order valence-electron chi connectivity index (χ3n) is 2.72. The number of esters is 1. The van der Waals surface area contributed by atoms with Crippen molar-refractivity contribution in [1.82, 2.24) is 10.6 Å². The minimum atomic E-state index is -1.03. The second-order valence-corrected chi connectivity index (χ2v) is 6.91. The molecule has 0 unspecified atom stereocenters. The Kier molecular flexibility index (Phi) is 8.63. The van der Waals surface area contributed by atoms with Crippen LogP contribution in [0.1, 0.15) is 27.2 Å². The van der Waals surface area contributed by atoms with Gasteiger partial charge in [0.2, 0.25) is 0 Å². The normalized spacial score (nSPS) is 11.7. The van der Waals surface area contributed by atoms with Crippen LogP contribution in [0.3, 0.4) is 0 Å². The molecule has 1 aromatic rings. The molecular weight excluding hydrogens is 352 g/mol. The number of carbonyl (C=O) groups excluding carboxylic acids is 3. The van der Waals surface area contributed by atoms with Crippen LogP contribution in [0.15, 0.2) is 29.2 Å². The zero-order chi connectivity index (χ0) is 18.1. The summed E-state index contributed by atoms with van der Waals surface area (Å²) >= 11 is 7.28. The third-order valence-corrected chi connectivity index (χ3v) is 3.99. The number of hydrogen-bond acceptors (Lipinski definition) is 5. The number of benzene rings is 1. The Balaban J connectivity index is 2.29. The van der Waals surface area contributed by atoms with Crippen LogP contribution in [-0.4, -0.2) is 35.8 Å². The van der Waals surface area contributed by atoms with Gasteiger partial charge in [-0.1, -0.05) is 11.6 Å². The van der Waals surface area contributed by atoms with Crippen molar-refractivity contribution in [2.45, 2.75) is 44.2 Å². The van der Waals surface area contributed by atoms with Crippen LogP contribution in [0.5, 0.6) is 0 Å². The first-order valence-corrected chi connectivity index (χ1v) is 8.83. The van der Waals surface area contributed by atoms with E-state index in [1.165, 1.54) is 18.7 Å². The largest absolute Gasteiger partial charge is 0.453 e. The Morgan fingerprint density at radius 3 is 2.38 bits per heavy atom. The summed E-state index contributed by atoms with van der Waals surface area (Å²) in [5.41, 5.74) is 0. The fourth-order valence-electron chi connectivity index (χ4n) is 1.60. The van der Waals surface area contributed by atoms with Gasteiger partial charge in [0.05, 0.1) is 6.42 Å². The van der Waals surface area contributed by atoms with Crippen LogP contribution >= 0.6 is 23.4 Å². The van der Waals surface area contributed by atoms with Crippen molar-refractivity contribution < 1.29 is 19.1 Å². The molecule has 8 heteroatoms. The van der Waals surface area contributed by atoms with Crippen LogP contribution in [0.25, 0.3) is 0 Å². The maximum atomic E-state index is 11.7. The quantitative estimate of drug-likeness (QED) is 0.567. The number of amides is 3. The minimum absolute atomic E-state index is 0.0967. The predicted molar refractivity (Wildman–Crippen MR) is 94.2 cm³/mol. The lowest BCUT2D eigenvalue weighted by molar-refractivity contribution is -0.154. The van der Waals surface area contributed by atoms with E-state index in [1.807, 2.05) is 12.1 Å². The van der Waals surface area contributed by atoms with Crippen LogP contribution in [0.4, 0.5) is 4.79 Å². The van der Waals surface area contributed by atoms with E-state index in [1.54, 1.807) is 26.0 Å². The van der Waals surface area contributed by atoms with E-state index in [0.29, 0.717) is 10.8 Å². The van der Waals surface area contributed by atoms with Gasteiger partial charge in [0.1, 0.15) is 0 Å². The van der Waals surface area contributed by atoms with Gasteiger partial charge in [0.15, 0.2) is 6.10 Å². The molecular formula is C16H21ClN2O4S. The molecule has 0 saturated heterocycles. The van der Waals surface area contributed by atoms with Gasteiger partial charge in [-0.3, -0.25) is 14.9 Å². The standard InChI is InChI=1S/C16H21ClN2O4S/c1-10(2)18-16(22)19-15(21)11(3)23-14(20)8-9-24-13-6-4-12(17)5-7-13/h4-7,10-11H,8-9H2,1-3H3,(H2,18,19,21,22)/t11-/m0/s1. The zero-order valence-corrected chi connectivity index (χ0v) is 15.4. The molecule has 0 aliphatic heterocycles. The second-order valence-electron chi connectivity index (χ2n) is 5.30. The van der Waals surface area contributed by atoms with Gasteiger partial charge in [-0.2, -0.15) is 0 Å². The van der Waals surface area contributed by atoms with Gasteiger partial charge < -0.3 is 10.1 Å². The second kappa shape index (κ2) is 10.2. The summed E-state index contributed by atoms with van der Waals surface area (Å²) in [6.07, 6.45) is -0.876.